The number of hydrogen-bond acceptors (Lipinski definition) is 1. The van der Waals surface area contributed by atoms with Crippen LogP contribution in [-0.2, 0) is 0 Å². The summed E-state index contributed by atoms with van der Waals surface area (Å²) in [7, 11) is 0. The van der Waals surface area contributed by atoms with Crippen LogP contribution in [0.5, 0.6) is 0 Å². The minimum Gasteiger partial charge on any atom is -0.449 e. The Hall–Kier alpha value is -0.445. The molecule has 5 heteroatoms. The van der Waals surface area contributed by atoms with Gasteiger partial charge in [0.2, 0.25) is 0 Å². The van der Waals surface area contributed by atoms with Crippen LogP contribution in [0.25, 0.3) is 0 Å². The van der Waals surface area contributed by atoms with Gasteiger partial charge in [0.25, 0.3) is 0 Å². The number of allylic oxidation sites excluding steroid dienone is 1. The molecule has 54 valence electrons. The Morgan fingerprint density at radius 3 is 2.11 bits per heavy atom. The Bertz CT molecular complexity index is 98.5. The van der Waals surface area contributed by atoms with Crippen LogP contribution in [0.1, 0.15) is 0 Å². The molecule has 1 N–H and O–H groups in total. The van der Waals surface area contributed by atoms with Crippen molar-refractivity contribution in [3.05, 3.63) is 12.2 Å². The maximum Gasteiger partial charge on any atom is 0.482 e. The fraction of sp³-hybridized carbons (Fsp3) is 0.500. The van der Waals surface area contributed by atoms with Gasteiger partial charge in [-0.2, -0.15) is 0 Å². The Morgan fingerprint density at radius 1 is 1.22 bits per heavy atom. The number of aliphatic hydroxyl groups excluding tert-OH is 1. The number of halogens is 3. The second-order valence-electron chi connectivity index (χ2n) is 1.60. The van der Waals surface area contributed by atoms with Gasteiger partial charge in [0, 0.05) is 0 Å². The van der Waals surface area contributed by atoms with Crippen LogP contribution in [0, 0.1) is 0 Å². The Kier molecular flexibility index (Phi) is 3.38. The molecule has 0 unspecified atom stereocenters. The Morgan fingerprint density at radius 2 is 1.78 bits per heavy atom. The standard InChI is InChI=1S/C4H7BF3O/c6-5(7,8)3-1-2-4-9/h1-2,9H,3-4H2/q-1/b2-1+. The Labute approximate surface area is 51.2 Å². The predicted octanol–water partition coefficient (Wildman–Crippen LogP) is 1.38. The van der Waals surface area contributed by atoms with Crippen LogP contribution in [0.15, 0.2) is 12.2 Å². The molecule has 0 aromatic carbocycles. The van der Waals surface area contributed by atoms with Crippen molar-refractivity contribution in [2.45, 2.75) is 6.32 Å². The molecule has 0 rings (SSSR count). The molecule has 0 aliphatic heterocycles. The summed E-state index contributed by atoms with van der Waals surface area (Å²) in [6.07, 6.45) is 1.09. The van der Waals surface area contributed by atoms with E-state index < -0.39 is 13.3 Å². The van der Waals surface area contributed by atoms with Gasteiger partial charge in [0.15, 0.2) is 0 Å². The molecule has 0 heterocycles. The van der Waals surface area contributed by atoms with E-state index in [1.165, 1.54) is 0 Å². The number of aliphatic hydroxyl groups is 1. The second-order valence-corrected chi connectivity index (χ2v) is 1.60. The van der Waals surface area contributed by atoms with Crippen molar-refractivity contribution in [3.8, 4) is 0 Å². The van der Waals surface area contributed by atoms with Crippen LogP contribution in [-0.4, -0.2) is 18.7 Å². The summed E-state index contributed by atoms with van der Waals surface area (Å²) in [6, 6.07) is 0. The lowest BCUT2D eigenvalue weighted by atomic mass is 9.86. The first kappa shape index (κ1) is 8.55. The fourth-order valence-corrected chi connectivity index (χ4v) is 0.325. The normalized spacial score (nSPS) is 12.9. The van der Waals surface area contributed by atoms with Crippen LogP contribution < -0.4 is 0 Å². The third kappa shape index (κ3) is 7.55. The van der Waals surface area contributed by atoms with Crippen molar-refractivity contribution < 1.29 is 18.1 Å². The van der Waals surface area contributed by atoms with Gasteiger partial charge in [-0.05, 0) is 0 Å². The number of hydrogen-bond donors (Lipinski definition) is 1. The second kappa shape index (κ2) is 3.56. The summed E-state index contributed by atoms with van der Waals surface area (Å²) < 4.78 is 33.9. The zero-order valence-electron chi connectivity index (χ0n) is 4.73. The summed E-state index contributed by atoms with van der Waals surface area (Å²) in [5, 5.41) is 8.02. The van der Waals surface area contributed by atoms with Gasteiger partial charge in [-0.15, -0.1) is 6.08 Å². The summed E-state index contributed by atoms with van der Waals surface area (Å²) in [4.78, 5) is 0. The van der Waals surface area contributed by atoms with Crippen molar-refractivity contribution >= 4 is 6.98 Å². The lowest BCUT2D eigenvalue weighted by Crippen LogP contribution is -2.11. The van der Waals surface area contributed by atoms with Gasteiger partial charge in [0.1, 0.15) is 0 Å². The zero-order chi connectivity index (χ0) is 7.33. The van der Waals surface area contributed by atoms with Gasteiger partial charge in [0.05, 0.1) is 6.61 Å². The van der Waals surface area contributed by atoms with E-state index in [-0.39, 0.29) is 6.61 Å². The molecule has 0 saturated carbocycles. The molecule has 0 fully saturated rings. The lowest BCUT2D eigenvalue weighted by Gasteiger charge is -2.08. The van der Waals surface area contributed by atoms with Crippen LogP contribution in [0.4, 0.5) is 12.9 Å². The molecule has 0 aromatic rings. The highest BCUT2D eigenvalue weighted by Crippen LogP contribution is 2.14. The van der Waals surface area contributed by atoms with Gasteiger partial charge in [-0.1, -0.05) is 12.4 Å². The molecular weight excluding hydrogens is 132 g/mol. The molecule has 1 nitrogen and oxygen atoms in total. The summed E-state index contributed by atoms with van der Waals surface area (Å²) >= 11 is 0. The van der Waals surface area contributed by atoms with Crippen molar-refractivity contribution in [1.82, 2.24) is 0 Å². The topological polar surface area (TPSA) is 20.2 Å². The molecule has 0 radical (unpaired) electrons. The first-order valence-corrected chi connectivity index (χ1v) is 2.53. The van der Waals surface area contributed by atoms with Crippen molar-refractivity contribution in [1.29, 1.82) is 0 Å². The van der Waals surface area contributed by atoms with E-state index in [4.69, 9.17) is 5.11 Å². The smallest absolute Gasteiger partial charge is 0.449 e. The minimum atomic E-state index is -4.71. The average molecular weight is 139 g/mol. The fourth-order valence-electron chi connectivity index (χ4n) is 0.325. The highest BCUT2D eigenvalue weighted by Gasteiger charge is 2.19. The summed E-state index contributed by atoms with van der Waals surface area (Å²) in [6.45, 7) is -5.03. The highest BCUT2D eigenvalue weighted by atomic mass is 19.4. The zero-order valence-corrected chi connectivity index (χ0v) is 4.73. The van der Waals surface area contributed by atoms with Crippen LogP contribution in [0.2, 0.25) is 6.32 Å². The molecule has 9 heavy (non-hydrogen) atoms. The van der Waals surface area contributed by atoms with Crippen LogP contribution >= 0.6 is 0 Å². The number of rotatable bonds is 3. The lowest BCUT2D eigenvalue weighted by molar-refractivity contribution is 0.342. The van der Waals surface area contributed by atoms with E-state index >= 15 is 0 Å². The van der Waals surface area contributed by atoms with E-state index in [0.29, 0.717) is 0 Å². The molecule has 0 spiro atoms. The molecule has 0 aromatic heterocycles. The van der Waals surface area contributed by atoms with E-state index in [1.54, 1.807) is 0 Å². The summed E-state index contributed by atoms with van der Waals surface area (Å²) in [5.41, 5.74) is 0. The monoisotopic (exact) mass is 139 g/mol. The molecule has 0 saturated heterocycles. The largest absolute Gasteiger partial charge is 0.482 e. The molecule has 0 amide bonds. The Balaban J connectivity index is 3.38. The first-order chi connectivity index (χ1) is 4.06. The van der Waals surface area contributed by atoms with Gasteiger partial charge in [-0.3, -0.25) is 0 Å². The van der Waals surface area contributed by atoms with E-state index in [2.05, 4.69) is 0 Å². The highest BCUT2D eigenvalue weighted by molar-refractivity contribution is 6.58. The van der Waals surface area contributed by atoms with Crippen molar-refractivity contribution in [3.63, 3.8) is 0 Å². The third-order valence-corrected chi connectivity index (χ3v) is 0.675. The molecule has 0 aliphatic carbocycles. The summed E-state index contributed by atoms with van der Waals surface area (Å²) in [5.74, 6) is 0. The maximum absolute atomic E-state index is 11.3. The first-order valence-electron chi connectivity index (χ1n) is 2.53. The van der Waals surface area contributed by atoms with E-state index in [1.807, 2.05) is 0 Å². The quantitative estimate of drug-likeness (QED) is 0.462. The average Bonchev–Trinajstić information content (AvgIpc) is 1.63. The minimum absolute atomic E-state index is 0.327. The van der Waals surface area contributed by atoms with Gasteiger partial charge < -0.3 is 18.1 Å². The molecule has 0 bridgehead atoms. The van der Waals surface area contributed by atoms with Crippen LogP contribution in [0.3, 0.4) is 0 Å². The maximum atomic E-state index is 11.3. The van der Waals surface area contributed by atoms with E-state index in [0.717, 1.165) is 12.2 Å². The SMILES string of the molecule is OC/C=C/C[B-](F)(F)F. The third-order valence-electron chi connectivity index (χ3n) is 0.675. The van der Waals surface area contributed by atoms with Crippen molar-refractivity contribution in [2.75, 3.05) is 6.61 Å². The predicted molar refractivity (Wildman–Crippen MR) is 30.1 cm³/mol. The van der Waals surface area contributed by atoms with Gasteiger partial charge >= 0.3 is 6.98 Å². The van der Waals surface area contributed by atoms with Crippen molar-refractivity contribution in [2.24, 2.45) is 0 Å². The van der Waals surface area contributed by atoms with Gasteiger partial charge in [-0.25, -0.2) is 0 Å². The molecule has 0 atom stereocenters. The van der Waals surface area contributed by atoms with E-state index in [9.17, 15) is 12.9 Å². The molecule has 0 aliphatic rings. The molecular formula is C4H7BF3O-.